The molecule has 0 radical (unpaired) electrons. The van der Waals surface area contributed by atoms with Gasteiger partial charge in [0.15, 0.2) is 15.8 Å². The van der Waals surface area contributed by atoms with E-state index < -0.39 is 10.8 Å². The number of thiazole rings is 1. The summed E-state index contributed by atoms with van der Waals surface area (Å²) in [5, 5.41) is 14.2. The predicted octanol–water partition coefficient (Wildman–Crippen LogP) is 4.19. The number of hydrogen-bond donors (Lipinski definition) is 1. The molecule has 3 aromatic rings. The van der Waals surface area contributed by atoms with Crippen LogP contribution in [0.2, 0.25) is 0 Å². The topological polar surface area (TPSA) is 122 Å². The van der Waals surface area contributed by atoms with Crippen LogP contribution in [0, 0.1) is 10.1 Å². The van der Waals surface area contributed by atoms with Crippen molar-refractivity contribution in [2.75, 3.05) is 45.8 Å². The van der Waals surface area contributed by atoms with Gasteiger partial charge in [-0.15, -0.1) is 11.3 Å². The van der Waals surface area contributed by atoms with Gasteiger partial charge in [-0.25, -0.2) is 4.98 Å². The predicted molar refractivity (Wildman–Crippen MR) is 122 cm³/mol. The molecule has 0 fully saturated rings. The SMILES string of the molecule is COCCOCSc1nc2ccc(NC(=O)c3cc(OC)c(OC)cc3[N+](=O)[O-])cc2s1. The molecule has 0 spiro atoms. The summed E-state index contributed by atoms with van der Waals surface area (Å²) in [5.74, 6) is 0.201. The fourth-order valence-corrected chi connectivity index (χ4v) is 4.59. The van der Waals surface area contributed by atoms with E-state index in [2.05, 4.69) is 10.3 Å². The zero-order valence-electron chi connectivity index (χ0n) is 17.6. The first-order chi connectivity index (χ1) is 15.5. The van der Waals surface area contributed by atoms with Gasteiger partial charge < -0.3 is 24.3 Å². The summed E-state index contributed by atoms with van der Waals surface area (Å²) in [6.07, 6.45) is 0. The van der Waals surface area contributed by atoms with Crippen molar-refractivity contribution < 1.29 is 28.7 Å². The first-order valence-corrected chi connectivity index (χ1v) is 11.1. The van der Waals surface area contributed by atoms with Crippen molar-refractivity contribution in [1.82, 2.24) is 4.98 Å². The number of aromatic nitrogens is 1. The molecule has 0 aliphatic carbocycles. The maximum atomic E-state index is 12.8. The molecular formula is C20H21N3O7S2. The second-order valence-corrected chi connectivity index (χ2v) is 8.46. The van der Waals surface area contributed by atoms with E-state index in [1.165, 1.54) is 49.5 Å². The molecule has 1 amide bonds. The third kappa shape index (κ3) is 5.65. The van der Waals surface area contributed by atoms with Gasteiger partial charge in [0.25, 0.3) is 11.6 Å². The molecule has 0 saturated carbocycles. The number of nitrogens with zero attached hydrogens (tertiary/aromatic N) is 2. The molecule has 0 unspecified atom stereocenters. The Kier molecular flexibility index (Phi) is 8.22. The number of methoxy groups -OCH3 is 3. The zero-order valence-corrected chi connectivity index (χ0v) is 19.2. The number of benzene rings is 2. The first kappa shape index (κ1) is 23.7. The number of carbonyl (C=O) groups excluding carboxylic acids is 1. The van der Waals surface area contributed by atoms with Gasteiger partial charge in [0, 0.05) is 18.9 Å². The Labute approximate surface area is 192 Å². The number of nitro groups is 1. The number of nitro benzene ring substituents is 1. The van der Waals surface area contributed by atoms with Gasteiger partial charge in [0.1, 0.15) is 5.56 Å². The molecule has 12 heteroatoms. The third-order valence-corrected chi connectivity index (χ3v) is 6.31. The molecular weight excluding hydrogens is 458 g/mol. The lowest BCUT2D eigenvalue weighted by molar-refractivity contribution is -0.385. The van der Waals surface area contributed by atoms with Crippen molar-refractivity contribution in [3.05, 3.63) is 46.0 Å². The Bertz CT molecular complexity index is 1120. The largest absolute Gasteiger partial charge is 0.493 e. The molecule has 10 nitrogen and oxygen atoms in total. The summed E-state index contributed by atoms with van der Waals surface area (Å²) in [6, 6.07) is 7.69. The van der Waals surface area contributed by atoms with E-state index in [4.69, 9.17) is 18.9 Å². The molecule has 0 saturated heterocycles. The van der Waals surface area contributed by atoms with Gasteiger partial charge in [0.05, 0.1) is 54.6 Å². The van der Waals surface area contributed by atoms with Gasteiger partial charge in [-0.3, -0.25) is 14.9 Å². The number of thioether (sulfide) groups is 1. The van der Waals surface area contributed by atoms with Gasteiger partial charge in [-0.2, -0.15) is 0 Å². The van der Waals surface area contributed by atoms with Gasteiger partial charge in [-0.05, 0) is 18.2 Å². The highest BCUT2D eigenvalue weighted by molar-refractivity contribution is 8.01. The number of fused-ring (bicyclic) bond motifs is 1. The maximum absolute atomic E-state index is 12.8. The van der Waals surface area contributed by atoms with Crippen LogP contribution in [0.4, 0.5) is 11.4 Å². The summed E-state index contributed by atoms with van der Waals surface area (Å²) in [4.78, 5) is 28.2. The van der Waals surface area contributed by atoms with Gasteiger partial charge >= 0.3 is 0 Å². The van der Waals surface area contributed by atoms with E-state index in [0.717, 1.165) is 14.6 Å². The number of rotatable bonds is 11. The highest BCUT2D eigenvalue weighted by atomic mass is 32.2. The van der Waals surface area contributed by atoms with E-state index in [-0.39, 0.29) is 22.7 Å². The molecule has 1 heterocycles. The van der Waals surface area contributed by atoms with E-state index in [9.17, 15) is 14.9 Å². The fourth-order valence-electron chi connectivity index (χ4n) is 2.74. The maximum Gasteiger partial charge on any atom is 0.286 e. The molecule has 0 atom stereocenters. The molecule has 170 valence electrons. The molecule has 0 aliphatic rings. The van der Waals surface area contributed by atoms with Gasteiger partial charge in [-0.1, -0.05) is 11.8 Å². The zero-order chi connectivity index (χ0) is 23.1. The highest BCUT2D eigenvalue weighted by Gasteiger charge is 2.24. The molecule has 32 heavy (non-hydrogen) atoms. The standard InChI is InChI=1S/C20H21N3O7S2/c1-27-6-7-30-11-31-20-22-14-5-4-12(8-18(14)32-20)21-19(24)13-9-16(28-2)17(29-3)10-15(13)23(25)26/h4-5,8-10H,6-7,11H2,1-3H3,(H,21,24). The van der Waals surface area contributed by atoms with Crippen LogP contribution in [0.25, 0.3) is 10.2 Å². The molecule has 1 aromatic heterocycles. The lowest BCUT2D eigenvalue weighted by Crippen LogP contribution is -2.14. The molecule has 3 rings (SSSR count). The lowest BCUT2D eigenvalue weighted by Gasteiger charge is -2.11. The van der Waals surface area contributed by atoms with Crippen LogP contribution in [-0.4, -0.2) is 56.3 Å². The number of ether oxygens (including phenoxy) is 4. The second-order valence-electron chi connectivity index (χ2n) is 6.26. The minimum absolute atomic E-state index is 0.137. The number of carbonyl (C=O) groups is 1. The van der Waals surface area contributed by atoms with Crippen LogP contribution in [0.1, 0.15) is 10.4 Å². The molecule has 0 bridgehead atoms. The summed E-state index contributed by atoms with van der Waals surface area (Å²) in [7, 11) is 4.37. The fraction of sp³-hybridized carbons (Fsp3) is 0.300. The van der Waals surface area contributed by atoms with E-state index in [1.807, 2.05) is 0 Å². The number of amides is 1. The monoisotopic (exact) mass is 479 g/mol. The Morgan fingerprint density at radius 3 is 2.59 bits per heavy atom. The Morgan fingerprint density at radius 1 is 1.16 bits per heavy atom. The lowest BCUT2D eigenvalue weighted by atomic mass is 10.1. The molecule has 1 N–H and O–H groups in total. The number of nitrogens with one attached hydrogen (secondary N) is 1. The van der Waals surface area contributed by atoms with Crippen LogP contribution < -0.4 is 14.8 Å². The summed E-state index contributed by atoms with van der Waals surface area (Å²) >= 11 is 2.93. The minimum Gasteiger partial charge on any atom is -0.493 e. The van der Waals surface area contributed by atoms with Crippen molar-refractivity contribution in [2.24, 2.45) is 0 Å². The number of anilines is 1. The highest BCUT2D eigenvalue weighted by Crippen LogP contribution is 2.35. The average molecular weight is 480 g/mol. The second kappa shape index (κ2) is 11.1. The average Bonchev–Trinajstić information content (AvgIpc) is 3.19. The van der Waals surface area contributed by atoms with E-state index in [1.54, 1.807) is 25.3 Å². The van der Waals surface area contributed by atoms with Crippen LogP contribution in [-0.2, 0) is 9.47 Å². The van der Waals surface area contributed by atoms with Crippen LogP contribution in [0.15, 0.2) is 34.7 Å². The smallest absolute Gasteiger partial charge is 0.286 e. The van der Waals surface area contributed by atoms with Crippen LogP contribution in [0.5, 0.6) is 11.5 Å². The Morgan fingerprint density at radius 2 is 1.91 bits per heavy atom. The number of hydrogen-bond acceptors (Lipinski definition) is 10. The minimum atomic E-state index is -0.637. The normalized spacial score (nSPS) is 10.8. The molecule has 0 aliphatic heterocycles. The van der Waals surface area contributed by atoms with Crippen LogP contribution >= 0.6 is 23.1 Å². The van der Waals surface area contributed by atoms with E-state index >= 15 is 0 Å². The van der Waals surface area contributed by atoms with Crippen molar-refractivity contribution in [1.29, 1.82) is 0 Å². The first-order valence-electron chi connectivity index (χ1n) is 9.28. The summed E-state index contributed by atoms with van der Waals surface area (Å²) in [6.45, 7) is 1.04. The van der Waals surface area contributed by atoms with Crippen molar-refractivity contribution in [3.63, 3.8) is 0 Å². The molecule has 2 aromatic carbocycles. The van der Waals surface area contributed by atoms with Crippen molar-refractivity contribution >= 4 is 50.6 Å². The van der Waals surface area contributed by atoms with E-state index in [0.29, 0.717) is 24.8 Å². The third-order valence-electron chi connectivity index (χ3n) is 4.27. The van der Waals surface area contributed by atoms with Crippen LogP contribution in [0.3, 0.4) is 0 Å². The summed E-state index contributed by atoms with van der Waals surface area (Å²) < 4.78 is 22.3. The van der Waals surface area contributed by atoms with Crippen molar-refractivity contribution in [2.45, 2.75) is 4.34 Å². The van der Waals surface area contributed by atoms with Crippen molar-refractivity contribution in [3.8, 4) is 11.5 Å². The quantitative estimate of drug-likeness (QED) is 0.142. The summed E-state index contributed by atoms with van der Waals surface area (Å²) in [5.41, 5.74) is 0.750. The van der Waals surface area contributed by atoms with Gasteiger partial charge in [0.2, 0.25) is 0 Å². The Hall–Kier alpha value is -2.93. The Balaban J connectivity index is 1.77.